The quantitative estimate of drug-likeness (QED) is 0.649. The molecule has 0 unspecified atom stereocenters. The van der Waals surface area contributed by atoms with Gasteiger partial charge in [0, 0.05) is 37.7 Å². The van der Waals surface area contributed by atoms with E-state index in [-0.39, 0.29) is 11.5 Å². The van der Waals surface area contributed by atoms with E-state index in [4.69, 9.17) is 9.84 Å². The van der Waals surface area contributed by atoms with Crippen molar-refractivity contribution in [2.24, 2.45) is 0 Å². The summed E-state index contributed by atoms with van der Waals surface area (Å²) in [5.41, 5.74) is -0.570. The fourth-order valence-electron chi connectivity index (χ4n) is 1.89. The summed E-state index contributed by atoms with van der Waals surface area (Å²) in [6.45, 7) is 0.966. The van der Waals surface area contributed by atoms with Crippen LogP contribution in [0.1, 0.15) is 18.4 Å². The lowest BCUT2D eigenvalue weighted by molar-refractivity contribution is -0.0689. The lowest BCUT2D eigenvalue weighted by Gasteiger charge is -2.32. The second-order valence-electron chi connectivity index (χ2n) is 3.85. The maximum atomic E-state index is 10.3. The van der Waals surface area contributed by atoms with Crippen LogP contribution >= 0.6 is 0 Å². The van der Waals surface area contributed by atoms with E-state index >= 15 is 0 Å². The van der Waals surface area contributed by atoms with Gasteiger partial charge < -0.3 is 20.1 Å². The highest BCUT2D eigenvalue weighted by molar-refractivity contribution is 5.42. The minimum atomic E-state index is -1.03. The van der Waals surface area contributed by atoms with E-state index in [1.54, 1.807) is 6.07 Å². The summed E-state index contributed by atoms with van der Waals surface area (Å²) < 4.78 is 5.16. The molecule has 0 atom stereocenters. The smallest absolute Gasteiger partial charge is 0.125 e. The zero-order chi connectivity index (χ0) is 10.9. The normalized spacial score (nSPS) is 20.1. The molecule has 1 aromatic carbocycles. The third kappa shape index (κ3) is 1.91. The molecule has 82 valence electrons. The van der Waals surface area contributed by atoms with Gasteiger partial charge in [0.1, 0.15) is 11.5 Å². The van der Waals surface area contributed by atoms with Crippen LogP contribution in [0.2, 0.25) is 0 Å². The number of phenolic OH excluding ortho intramolecular Hbond substituents is 2. The van der Waals surface area contributed by atoms with Gasteiger partial charge in [-0.1, -0.05) is 0 Å². The van der Waals surface area contributed by atoms with Gasteiger partial charge in [-0.05, 0) is 12.1 Å². The Bertz CT molecular complexity index is 356. The van der Waals surface area contributed by atoms with Crippen LogP contribution < -0.4 is 0 Å². The molecule has 1 aliphatic rings. The molecule has 0 aromatic heterocycles. The SMILES string of the molecule is Oc1ccc(C2(O)CCOCC2)c(O)c1. The summed E-state index contributed by atoms with van der Waals surface area (Å²) in [5, 5.41) is 29.1. The molecule has 4 nitrogen and oxygen atoms in total. The van der Waals surface area contributed by atoms with E-state index in [0.29, 0.717) is 31.6 Å². The van der Waals surface area contributed by atoms with Gasteiger partial charge in [-0.2, -0.15) is 0 Å². The van der Waals surface area contributed by atoms with Crippen molar-refractivity contribution in [2.75, 3.05) is 13.2 Å². The van der Waals surface area contributed by atoms with Crippen molar-refractivity contribution in [3.63, 3.8) is 0 Å². The molecular weight excluding hydrogens is 196 g/mol. The predicted octanol–water partition coefficient (Wildman–Crippen LogP) is 1.10. The van der Waals surface area contributed by atoms with Crippen molar-refractivity contribution in [1.29, 1.82) is 0 Å². The average molecular weight is 210 g/mol. The Balaban J connectivity index is 2.35. The summed E-state index contributed by atoms with van der Waals surface area (Å²) in [6, 6.07) is 4.25. The molecule has 1 saturated heterocycles. The van der Waals surface area contributed by atoms with E-state index in [2.05, 4.69) is 0 Å². The Morgan fingerprint density at radius 3 is 2.40 bits per heavy atom. The third-order valence-corrected chi connectivity index (χ3v) is 2.80. The minimum Gasteiger partial charge on any atom is -0.508 e. The fourth-order valence-corrected chi connectivity index (χ4v) is 1.89. The van der Waals surface area contributed by atoms with Crippen LogP contribution in [0.15, 0.2) is 18.2 Å². The maximum absolute atomic E-state index is 10.3. The average Bonchev–Trinajstić information content (AvgIpc) is 2.18. The lowest BCUT2D eigenvalue weighted by atomic mass is 9.86. The van der Waals surface area contributed by atoms with Gasteiger partial charge in [0.05, 0.1) is 5.60 Å². The van der Waals surface area contributed by atoms with E-state index in [1.807, 2.05) is 0 Å². The number of hydrogen-bond acceptors (Lipinski definition) is 4. The molecule has 0 radical (unpaired) electrons. The molecule has 4 heteroatoms. The first kappa shape index (κ1) is 10.3. The number of rotatable bonds is 1. The van der Waals surface area contributed by atoms with Crippen molar-refractivity contribution in [1.82, 2.24) is 0 Å². The first-order valence-corrected chi connectivity index (χ1v) is 4.94. The largest absolute Gasteiger partial charge is 0.508 e. The molecule has 0 amide bonds. The van der Waals surface area contributed by atoms with Crippen LogP contribution in [-0.2, 0) is 10.3 Å². The number of hydrogen-bond donors (Lipinski definition) is 3. The monoisotopic (exact) mass is 210 g/mol. The van der Waals surface area contributed by atoms with Crippen LogP contribution in [0.4, 0.5) is 0 Å². The number of aromatic hydroxyl groups is 2. The molecule has 0 bridgehead atoms. The van der Waals surface area contributed by atoms with Crippen molar-refractivity contribution in [2.45, 2.75) is 18.4 Å². The second-order valence-corrected chi connectivity index (χ2v) is 3.85. The predicted molar refractivity (Wildman–Crippen MR) is 53.7 cm³/mol. The molecule has 0 spiro atoms. The molecule has 0 aliphatic carbocycles. The van der Waals surface area contributed by atoms with Crippen molar-refractivity contribution in [3.05, 3.63) is 23.8 Å². The van der Waals surface area contributed by atoms with Crippen LogP contribution in [-0.4, -0.2) is 28.5 Å². The van der Waals surface area contributed by atoms with E-state index in [1.165, 1.54) is 12.1 Å². The summed E-state index contributed by atoms with van der Waals surface area (Å²) >= 11 is 0. The molecule has 1 fully saturated rings. The van der Waals surface area contributed by atoms with Crippen molar-refractivity contribution < 1.29 is 20.1 Å². The minimum absolute atomic E-state index is 0.00749. The molecule has 1 aromatic rings. The zero-order valence-electron chi connectivity index (χ0n) is 8.31. The molecule has 1 heterocycles. The topological polar surface area (TPSA) is 69.9 Å². The fraction of sp³-hybridized carbons (Fsp3) is 0.455. The highest BCUT2D eigenvalue weighted by Crippen LogP contribution is 2.38. The van der Waals surface area contributed by atoms with Crippen molar-refractivity contribution >= 4 is 0 Å². The lowest BCUT2D eigenvalue weighted by Crippen LogP contribution is -2.33. The number of ether oxygens (including phenoxy) is 1. The van der Waals surface area contributed by atoms with Crippen LogP contribution in [0.25, 0.3) is 0 Å². The molecule has 3 N–H and O–H groups in total. The molecule has 2 rings (SSSR count). The van der Waals surface area contributed by atoms with Crippen LogP contribution in [0.3, 0.4) is 0 Å². The van der Waals surface area contributed by atoms with Gasteiger partial charge in [0.2, 0.25) is 0 Å². The van der Waals surface area contributed by atoms with Gasteiger partial charge in [-0.3, -0.25) is 0 Å². The molecule has 15 heavy (non-hydrogen) atoms. The van der Waals surface area contributed by atoms with E-state index in [0.717, 1.165) is 0 Å². The Hall–Kier alpha value is -1.26. The maximum Gasteiger partial charge on any atom is 0.125 e. The summed E-state index contributed by atoms with van der Waals surface area (Å²) in [5.74, 6) is -0.0775. The molecule has 0 saturated carbocycles. The zero-order valence-corrected chi connectivity index (χ0v) is 8.31. The Kier molecular flexibility index (Phi) is 2.54. The van der Waals surface area contributed by atoms with E-state index in [9.17, 15) is 10.2 Å². The van der Waals surface area contributed by atoms with Gasteiger partial charge in [-0.25, -0.2) is 0 Å². The summed E-state index contributed by atoms with van der Waals surface area (Å²) in [6.07, 6.45) is 0.927. The van der Waals surface area contributed by atoms with Crippen LogP contribution in [0, 0.1) is 0 Å². The second kappa shape index (κ2) is 3.72. The van der Waals surface area contributed by atoms with Gasteiger partial charge in [-0.15, -0.1) is 0 Å². The summed E-state index contributed by atoms with van der Waals surface area (Å²) in [7, 11) is 0. The van der Waals surface area contributed by atoms with Crippen LogP contribution in [0.5, 0.6) is 11.5 Å². The van der Waals surface area contributed by atoms with Crippen molar-refractivity contribution in [3.8, 4) is 11.5 Å². The molecule has 1 aliphatic heterocycles. The van der Waals surface area contributed by atoms with E-state index < -0.39 is 5.60 Å². The number of benzene rings is 1. The van der Waals surface area contributed by atoms with Gasteiger partial charge >= 0.3 is 0 Å². The Morgan fingerprint density at radius 1 is 1.13 bits per heavy atom. The highest BCUT2D eigenvalue weighted by atomic mass is 16.5. The number of phenols is 2. The number of aliphatic hydroxyl groups is 1. The Morgan fingerprint density at radius 2 is 1.80 bits per heavy atom. The van der Waals surface area contributed by atoms with Gasteiger partial charge in [0.15, 0.2) is 0 Å². The van der Waals surface area contributed by atoms with Gasteiger partial charge in [0.25, 0.3) is 0 Å². The standard InChI is InChI=1S/C11H14O4/c12-8-1-2-9(10(13)7-8)11(14)3-5-15-6-4-11/h1-2,7,12-14H,3-6H2. The highest BCUT2D eigenvalue weighted by Gasteiger charge is 2.34. The molecular formula is C11H14O4. The third-order valence-electron chi connectivity index (χ3n) is 2.80. The first-order valence-electron chi connectivity index (χ1n) is 4.94. The Labute approximate surface area is 87.7 Å². The first-order chi connectivity index (χ1) is 7.12. The summed E-state index contributed by atoms with van der Waals surface area (Å²) in [4.78, 5) is 0.